The van der Waals surface area contributed by atoms with E-state index in [1.54, 1.807) is 5.94 Å². The summed E-state index contributed by atoms with van der Waals surface area (Å²) in [5.74, 6) is 1.86. The lowest BCUT2D eigenvalue weighted by Gasteiger charge is -2.32. The van der Waals surface area contributed by atoms with Crippen molar-refractivity contribution in [2.24, 2.45) is 10.4 Å². The van der Waals surface area contributed by atoms with Crippen LogP contribution in [0.25, 0.3) is 5.57 Å². The lowest BCUT2D eigenvalue weighted by Crippen LogP contribution is -2.31. The molecule has 0 bridgehead atoms. The highest BCUT2D eigenvalue weighted by Crippen LogP contribution is 2.36. The molecule has 1 aliphatic heterocycles. The standard InChI is InChI=1S/C23H22ClFINO2/c1-13-21-14(9-20(27-13)23(2,3)4)5-8-19(22(21)26)29-12-15(11-28)17-7-6-16(24)10-18(17)25/h5-8,10,20H,9,12H2,1-4H3. The predicted molar refractivity (Wildman–Crippen MR) is 124 cm³/mol. The molecule has 1 aliphatic rings. The first kappa shape index (κ1) is 22.0. The molecule has 0 aromatic heterocycles. The van der Waals surface area contributed by atoms with Crippen molar-refractivity contribution in [1.29, 1.82) is 0 Å². The van der Waals surface area contributed by atoms with Gasteiger partial charge in [0.1, 0.15) is 24.1 Å². The van der Waals surface area contributed by atoms with Gasteiger partial charge in [-0.2, -0.15) is 0 Å². The van der Waals surface area contributed by atoms with E-state index in [2.05, 4.69) is 49.4 Å². The van der Waals surface area contributed by atoms with Gasteiger partial charge < -0.3 is 4.74 Å². The maximum Gasteiger partial charge on any atom is 0.133 e. The van der Waals surface area contributed by atoms with Crippen LogP contribution in [0.5, 0.6) is 5.75 Å². The molecule has 152 valence electrons. The van der Waals surface area contributed by atoms with Crippen molar-refractivity contribution in [2.45, 2.75) is 40.2 Å². The molecule has 0 N–H and O–H groups in total. The molecule has 2 aromatic carbocycles. The van der Waals surface area contributed by atoms with E-state index in [-0.39, 0.29) is 34.2 Å². The average molecular weight is 526 g/mol. The molecule has 1 atom stereocenters. The maximum absolute atomic E-state index is 14.1. The molecule has 0 spiro atoms. The molecule has 1 unspecified atom stereocenters. The molecule has 6 heteroatoms. The van der Waals surface area contributed by atoms with Gasteiger partial charge in [0.05, 0.1) is 15.2 Å². The molecule has 0 radical (unpaired) electrons. The Morgan fingerprint density at radius 1 is 1.34 bits per heavy atom. The van der Waals surface area contributed by atoms with Crippen molar-refractivity contribution in [1.82, 2.24) is 0 Å². The number of hydrogen-bond acceptors (Lipinski definition) is 3. The number of hydrogen-bond donors (Lipinski definition) is 0. The Kier molecular flexibility index (Phi) is 6.51. The summed E-state index contributed by atoms with van der Waals surface area (Å²) in [7, 11) is 0. The largest absolute Gasteiger partial charge is 0.487 e. The normalized spacial score (nSPS) is 16.0. The van der Waals surface area contributed by atoms with E-state index in [1.165, 1.54) is 23.8 Å². The highest BCUT2D eigenvalue weighted by atomic mass is 127. The summed E-state index contributed by atoms with van der Waals surface area (Å²) in [5.41, 5.74) is 3.64. The Bertz CT molecular complexity index is 1040. The lowest BCUT2D eigenvalue weighted by atomic mass is 9.80. The minimum absolute atomic E-state index is 0.0857. The van der Waals surface area contributed by atoms with E-state index in [1.807, 2.05) is 13.0 Å². The smallest absolute Gasteiger partial charge is 0.133 e. The van der Waals surface area contributed by atoms with Crippen LogP contribution in [0.4, 0.5) is 4.39 Å². The van der Waals surface area contributed by atoms with Crippen LogP contribution < -0.4 is 4.74 Å². The highest BCUT2D eigenvalue weighted by molar-refractivity contribution is 14.1. The van der Waals surface area contributed by atoms with Crippen molar-refractivity contribution >= 4 is 51.4 Å². The SMILES string of the molecule is CC1=NC(C(C)(C)C)Cc2ccc(OCC(=C=O)c3ccc(Cl)cc3F)c(I)c21. The zero-order chi connectivity index (χ0) is 21.3. The van der Waals surface area contributed by atoms with Gasteiger partial charge in [-0.1, -0.05) is 38.4 Å². The molecule has 0 saturated heterocycles. The summed E-state index contributed by atoms with van der Waals surface area (Å²) in [6.07, 6.45) is 0.877. The van der Waals surface area contributed by atoms with Crippen molar-refractivity contribution in [3.8, 4) is 5.75 Å². The molecule has 0 aliphatic carbocycles. The number of fused-ring (bicyclic) bond motifs is 1. The summed E-state index contributed by atoms with van der Waals surface area (Å²) >= 11 is 8.03. The third-order valence-corrected chi connectivity index (χ3v) is 6.37. The minimum atomic E-state index is -0.573. The number of halogens is 3. The van der Waals surface area contributed by atoms with Gasteiger partial charge >= 0.3 is 0 Å². The molecule has 0 amide bonds. The quantitative estimate of drug-likeness (QED) is 0.354. The van der Waals surface area contributed by atoms with Crippen LogP contribution in [-0.2, 0) is 11.2 Å². The zero-order valence-corrected chi connectivity index (χ0v) is 19.7. The molecule has 1 heterocycles. The fourth-order valence-corrected chi connectivity index (χ4v) is 4.60. The number of nitrogens with zero attached hydrogens (tertiary/aromatic N) is 1. The summed E-state index contributed by atoms with van der Waals surface area (Å²) in [6.45, 7) is 8.53. The lowest BCUT2D eigenvalue weighted by molar-refractivity contribution is 0.318. The number of benzene rings is 2. The summed E-state index contributed by atoms with van der Waals surface area (Å²) in [5, 5.41) is 0.268. The summed E-state index contributed by atoms with van der Waals surface area (Å²) in [4.78, 5) is 16.3. The van der Waals surface area contributed by atoms with Gasteiger partial charge in [0, 0.05) is 21.9 Å². The molecular weight excluding hydrogens is 504 g/mol. The third kappa shape index (κ3) is 4.73. The van der Waals surface area contributed by atoms with Gasteiger partial charge in [-0.15, -0.1) is 0 Å². The fraction of sp³-hybridized carbons (Fsp3) is 0.348. The summed E-state index contributed by atoms with van der Waals surface area (Å²) < 4.78 is 21.0. The summed E-state index contributed by atoms with van der Waals surface area (Å²) in [6, 6.07) is 8.35. The molecule has 3 nitrogen and oxygen atoms in total. The fourth-order valence-electron chi connectivity index (χ4n) is 3.37. The Morgan fingerprint density at radius 2 is 2.07 bits per heavy atom. The Morgan fingerprint density at radius 3 is 2.69 bits per heavy atom. The Labute approximate surface area is 189 Å². The molecule has 3 rings (SSSR count). The molecule has 29 heavy (non-hydrogen) atoms. The number of aliphatic imine (C=N–C) groups is 1. The van der Waals surface area contributed by atoms with Crippen LogP contribution in [0.15, 0.2) is 35.3 Å². The van der Waals surface area contributed by atoms with Crippen LogP contribution in [-0.4, -0.2) is 24.3 Å². The van der Waals surface area contributed by atoms with Crippen LogP contribution >= 0.6 is 34.2 Å². The second-order valence-corrected chi connectivity index (χ2v) is 9.72. The number of rotatable bonds is 4. The minimum Gasteiger partial charge on any atom is -0.487 e. The monoisotopic (exact) mass is 525 g/mol. The molecular formula is C23H22ClFINO2. The Hall–Kier alpha value is -1.69. The maximum atomic E-state index is 14.1. The zero-order valence-electron chi connectivity index (χ0n) is 16.8. The van der Waals surface area contributed by atoms with Crippen molar-refractivity contribution < 1.29 is 13.9 Å². The second-order valence-electron chi connectivity index (χ2n) is 8.21. The predicted octanol–water partition coefficient (Wildman–Crippen LogP) is 6.16. The topological polar surface area (TPSA) is 38.7 Å². The van der Waals surface area contributed by atoms with Crippen molar-refractivity contribution in [2.75, 3.05) is 6.61 Å². The molecule has 0 saturated carbocycles. The molecule has 2 aromatic rings. The molecule has 0 fully saturated rings. The van der Waals surface area contributed by atoms with E-state index >= 15 is 0 Å². The van der Waals surface area contributed by atoms with Gasteiger partial charge in [-0.3, -0.25) is 4.99 Å². The average Bonchev–Trinajstić information content (AvgIpc) is 2.63. The van der Waals surface area contributed by atoms with Crippen LogP contribution in [0, 0.1) is 14.8 Å². The Balaban J connectivity index is 1.85. The first-order valence-corrected chi connectivity index (χ1v) is 10.8. The van der Waals surface area contributed by atoms with Crippen LogP contribution in [0.1, 0.15) is 44.4 Å². The van der Waals surface area contributed by atoms with E-state index in [0.29, 0.717) is 5.75 Å². The highest BCUT2D eigenvalue weighted by Gasteiger charge is 2.30. The van der Waals surface area contributed by atoms with E-state index in [9.17, 15) is 9.18 Å². The van der Waals surface area contributed by atoms with E-state index in [0.717, 1.165) is 21.3 Å². The first-order chi connectivity index (χ1) is 13.6. The van der Waals surface area contributed by atoms with Gasteiger partial charge in [-0.25, -0.2) is 9.18 Å². The third-order valence-electron chi connectivity index (χ3n) is 5.07. The van der Waals surface area contributed by atoms with Crippen LogP contribution in [0.3, 0.4) is 0 Å². The van der Waals surface area contributed by atoms with Gasteiger partial charge in [0.25, 0.3) is 0 Å². The van der Waals surface area contributed by atoms with Crippen LogP contribution in [0.2, 0.25) is 5.02 Å². The van der Waals surface area contributed by atoms with Crippen molar-refractivity contribution in [3.05, 3.63) is 61.4 Å². The number of carbonyl (C=O) groups excluding carboxylic acids is 1. The number of ether oxygens (including phenoxy) is 1. The van der Waals surface area contributed by atoms with E-state index < -0.39 is 5.82 Å². The van der Waals surface area contributed by atoms with Gasteiger partial charge in [-0.05, 0) is 71.2 Å². The van der Waals surface area contributed by atoms with Crippen molar-refractivity contribution in [3.63, 3.8) is 0 Å². The van der Waals surface area contributed by atoms with Gasteiger partial charge in [0.15, 0.2) is 0 Å². The van der Waals surface area contributed by atoms with E-state index in [4.69, 9.17) is 21.3 Å². The van der Waals surface area contributed by atoms with Gasteiger partial charge in [0.2, 0.25) is 0 Å². The second kappa shape index (κ2) is 8.58. The first-order valence-electron chi connectivity index (χ1n) is 9.30.